The van der Waals surface area contributed by atoms with Gasteiger partial charge in [0.15, 0.2) is 0 Å². The fraction of sp³-hybridized carbons (Fsp3) is 0.200. The summed E-state index contributed by atoms with van der Waals surface area (Å²) in [7, 11) is 1.23. The summed E-state index contributed by atoms with van der Waals surface area (Å²) in [5.41, 5.74) is 0.552. The van der Waals surface area contributed by atoms with Crippen LogP contribution in [-0.4, -0.2) is 19.0 Å². The number of ether oxygens (including phenoxy) is 1. The maximum absolute atomic E-state index is 11.2. The average molecular weight is 228 g/mol. The first kappa shape index (κ1) is 11.5. The van der Waals surface area contributed by atoms with Gasteiger partial charge < -0.3 is 10.1 Å². The minimum absolute atomic E-state index is 0.303. The normalized spacial score (nSPS) is 9.47. The van der Waals surface area contributed by atoms with E-state index in [9.17, 15) is 9.59 Å². The number of carbonyl (C=O) groups excluding carboxylic acids is 2. The average Bonchev–Trinajstić information content (AvgIpc) is 2.17. The number of halogens is 1. The standard InChI is InChI=1S/C10H10ClNO3/c1-15-10(14)6-9(13)12-8-4-2-3-7(11)5-8/h2-5H,6H2,1H3,(H,12,13). The number of nitrogens with one attached hydrogen (secondary N) is 1. The number of hydrogen-bond acceptors (Lipinski definition) is 3. The molecule has 80 valence electrons. The van der Waals surface area contributed by atoms with E-state index in [1.807, 2.05) is 0 Å². The summed E-state index contributed by atoms with van der Waals surface area (Å²) in [6.45, 7) is 0. The minimum Gasteiger partial charge on any atom is -0.469 e. The first-order chi connectivity index (χ1) is 7.11. The second-order valence-electron chi connectivity index (χ2n) is 2.81. The molecule has 5 heteroatoms. The third-order valence-electron chi connectivity index (χ3n) is 1.64. The zero-order valence-corrected chi connectivity index (χ0v) is 8.88. The fourth-order valence-electron chi connectivity index (χ4n) is 0.975. The molecule has 0 spiro atoms. The molecule has 1 aromatic carbocycles. The quantitative estimate of drug-likeness (QED) is 0.633. The zero-order valence-electron chi connectivity index (χ0n) is 8.12. The summed E-state index contributed by atoms with van der Waals surface area (Å²) >= 11 is 5.72. The number of methoxy groups -OCH3 is 1. The van der Waals surface area contributed by atoms with Gasteiger partial charge in [-0.1, -0.05) is 17.7 Å². The molecule has 0 saturated heterocycles. The number of benzene rings is 1. The van der Waals surface area contributed by atoms with Gasteiger partial charge in [0.1, 0.15) is 6.42 Å². The number of hydrogen-bond donors (Lipinski definition) is 1. The lowest BCUT2D eigenvalue weighted by Gasteiger charge is -2.04. The van der Waals surface area contributed by atoms with Crippen LogP contribution < -0.4 is 5.32 Å². The summed E-state index contributed by atoms with van der Waals surface area (Å²) in [5, 5.41) is 3.04. The van der Waals surface area contributed by atoms with E-state index in [-0.39, 0.29) is 6.42 Å². The molecule has 0 aliphatic rings. The van der Waals surface area contributed by atoms with Crippen LogP contribution in [0.5, 0.6) is 0 Å². The van der Waals surface area contributed by atoms with Crippen molar-refractivity contribution < 1.29 is 14.3 Å². The molecule has 0 aliphatic carbocycles. The van der Waals surface area contributed by atoms with Crippen LogP contribution in [0.2, 0.25) is 5.02 Å². The van der Waals surface area contributed by atoms with E-state index in [0.717, 1.165) is 0 Å². The molecular formula is C10H10ClNO3. The topological polar surface area (TPSA) is 55.4 Å². The van der Waals surface area contributed by atoms with Gasteiger partial charge in [-0.25, -0.2) is 0 Å². The summed E-state index contributed by atoms with van der Waals surface area (Å²) < 4.78 is 4.36. The molecule has 0 heterocycles. The van der Waals surface area contributed by atoms with Gasteiger partial charge in [-0.2, -0.15) is 0 Å². The number of rotatable bonds is 3. The van der Waals surface area contributed by atoms with Gasteiger partial charge in [0, 0.05) is 10.7 Å². The van der Waals surface area contributed by atoms with Crippen molar-refractivity contribution in [2.24, 2.45) is 0 Å². The number of esters is 1. The van der Waals surface area contributed by atoms with Gasteiger partial charge in [-0.15, -0.1) is 0 Å². The predicted molar refractivity (Wildman–Crippen MR) is 56.7 cm³/mol. The van der Waals surface area contributed by atoms with Crippen LogP contribution in [0.1, 0.15) is 6.42 Å². The molecule has 0 aliphatic heterocycles. The Morgan fingerprint density at radius 2 is 2.20 bits per heavy atom. The van der Waals surface area contributed by atoms with Gasteiger partial charge in [-0.3, -0.25) is 9.59 Å². The third kappa shape index (κ3) is 3.99. The lowest BCUT2D eigenvalue weighted by molar-refractivity contribution is -0.142. The van der Waals surface area contributed by atoms with Crippen molar-refractivity contribution in [2.75, 3.05) is 12.4 Å². The molecule has 0 saturated carbocycles. The van der Waals surface area contributed by atoms with Crippen LogP contribution in [0.3, 0.4) is 0 Å². The second-order valence-corrected chi connectivity index (χ2v) is 3.25. The Hall–Kier alpha value is -1.55. The molecule has 1 amide bonds. The fourth-order valence-corrected chi connectivity index (χ4v) is 1.16. The second kappa shape index (κ2) is 5.36. The van der Waals surface area contributed by atoms with Crippen LogP contribution in [0.25, 0.3) is 0 Å². The molecule has 0 bridgehead atoms. The summed E-state index contributed by atoms with van der Waals surface area (Å²) in [5.74, 6) is -1.00. The Morgan fingerprint density at radius 1 is 1.47 bits per heavy atom. The van der Waals surface area contributed by atoms with Crippen molar-refractivity contribution in [2.45, 2.75) is 6.42 Å². The monoisotopic (exact) mass is 227 g/mol. The van der Waals surface area contributed by atoms with Crippen molar-refractivity contribution in [3.8, 4) is 0 Å². The van der Waals surface area contributed by atoms with Gasteiger partial charge in [0.05, 0.1) is 7.11 Å². The summed E-state index contributed by atoms with van der Waals surface area (Å²) in [6, 6.07) is 6.67. The number of anilines is 1. The van der Waals surface area contributed by atoms with Crippen molar-refractivity contribution in [3.05, 3.63) is 29.3 Å². The lowest BCUT2D eigenvalue weighted by Crippen LogP contribution is -2.17. The molecule has 0 radical (unpaired) electrons. The van der Waals surface area contributed by atoms with Gasteiger partial charge in [-0.05, 0) is 18.2 Å². The SMILES string of the molecule is COC(=O)CC(=O)Nc1cccc(Cl)c1. The first-order valence-corrected chi connectivity index (χ1v) is 4.62. The summed E-state index contributed by atoms with van der Waals surface area (Å²) in [4.78, 5) is 22.0. The molecule has 4 nitrogen and oxygen atoms in total. The molecule has 0 atom stereocenters. The van der Waals surface area contributed by atoms with Gasteiger partial charge in [0.2, 0.25) is 5.91 Å². The Morgan fingerprint density at radius 3 is 2.80 bits per heavy atom. The van der Waals surface area contributed by atoms with Crippen LogP contribution in [-0.2, 0) is 14.3 Å². The minimum atomic E-state index is -0.575. The largest absolute Gasteiger partial charge is 0.469 e. The van der Waals surface area contributed by atoms with E-state index in [2.05, 4.69) is 10.1 Å². The molecule has 0 fully saturated rings. The Labute approximate surface area is 92.2 Å². The highest BCUT2D eigenvalue weighted by atomic mass is 35.5. The smallest absolute Gasteiger partial charge is 0.315 e. The Kier molecular flexibility index (Phi) is 4.12. The van der Waals surface area contributed by atoms with Crippen molar-refractivity contribution >= 4 is 29.2 Å². The van der Waals surface area contributed by atoms with E-state index in [0.29, 0.717) is 10.7 Å². The highest BCUT2D eigenvalue weighted by molar-refractivity contribution is 6.30. The van der Waals surface area contributed by atoms with E-state index < -0.39 is 11.9 Å². The van der Waals surface area contributed by atoms with E-state index in [1.54, 1.807) is 24.3 Å². The van der Waals surface area contributed by atoms with Gasteiger partial charge in [0.25, 0.3) is 0 Å². The number of carbonyl (C=O) groups is 2. The Balaban J connectivity index is 2.55. The lowest BCUT2D eigenvalue weighted by atomic mass is 10.3. The van der Waals surface area contributed by atoms with Crippen LogP contribution in [0, 0.1) is 0 Å². The molecule has 0 aromatic heterocycles. The molecule has 1 rings (SSSR count). The molecule has 1 N–H and O–H groups in total. The molecule has 1 aromatic rings. The van der Waals surface area contributed by atoms with Crippen molar-refractivity contribution in [1.82, 2.24) is 0 Å². The highest BCUT2D eigenvalue weighted by Gasteiger charge is 2.09. The predicted octanol–water partition coefficient (Wildman–Crippen LogP) is 1.84. The molecule has 15 heavy (non-hydrogen) atoms. The third-order valence-corrected chi connectivity index (χ3v) is 1.88. The van der Waals surface area contributed by atoms with Crippen LogP contribution >= 0.6 is 11.6 Å². The van der Waals surface area contributed by atoms with Crippen molar-refractivity contribution in [3.63, 3.8) is 0 Å². The van der Waals surface area contributed by atoms with Gasteiger partial charge >= 0.3 is 5.97 Å². The van der Waals surface area contributed by atoms with Crippen LogP contribution in [0.4, 0.5) is 5.69 Å². The zero-order chi connectivity index (χ0) is 11.3. The first-order valence-electron chi connectivity index (χ1n) is 4.24. The van der Waals surface area contributed by atoms with Crippen molar-refractivity contribution in [1.29, 1.82) is 0 Å². The van der Waals surface area contributed by atoms with Crippen LogP contribution in [0.15, 0.2) is 24.3 Å². The molecular weight excluding hydrogens is 218 g/mol. The van der Waals surface area contributed by atoms with E-state index in [1.165, 1.54) is 7.11 Å². The maximum atomic E-state index is 11.2. The molecule has 0 unspecified atom stereocenters. The Bertz CT molecular complexity index is 379. The summed E-state index contributed by atoms with van der Waals surface area (Å²) in [6.07, 6.45) is -0.303. The maximum Gasteiger partial charge on any atom is 0.315 e. The number of amides is 1. The highest BCUT2D eigenvalue weighted by Crippen LogP contribution is 2.14. The van der Waals surface area contributed by atoms with E-state index >= 15 is 0 Å². The van der Waals surface area contributed by atoms with E-state index in [4.69, 9.17) is 11.6 Å².